The molecule has 0 aliphatic carbocycles. The number of thiazole rings is 1. The maximum atomic E-state index is 4.27. The molecule has 2 heteroatoms. The van der Waals surface area contributed by atoms with Crippen LogP contribution in [0.2, 0.25) is 0 Å². The second-order valence-corrected chi connectivity index (χ2v) is 3.78. The Morgan fingerprint density at radius 1 is 1.23 bits per heavy atom. The minimum absolute atomic E-state index is 1.08. The summed E-state index contributed by atoms with van der Waals surface area (Å²) < 4.78 is 0. The Morgan fingerprint density at radius 3 is 2.62 bits per heavy atom. The molecule has 0 fully saturated rings. The van der Waals surface area contributed by atoms with Gasteiger partial charge in [0.2, 0.25) is 0 Å². The lowest BCUT2D eigenvalue weighted by Crippen LogP contribution is -1.68. The molecular formula is C11H10NS. The second-order valence-electron chi connectivity index (χ2n) is 2.72. The maximum Gasteiger partial charge on any atom is 0.0966 e. The third-order valence-corrected chi connectivity index (χ3v) is 2.94. The van der Waals surface area contributed by atoms with Crippen LogP contribution in [0.5, 0.6) is 0 Å². The largest absolute Gasteiger partial charge is 0.249 e. The summed E-state index contributed by atoms with van der Waals surface area (Å²) in [5.41, 5.74) is 1.24. The molecule has 2 aromatic rings. The summed E-state index contributed by atoms with van der Waals surface area (Å²) in [4.78, 5) is 5.50. The predicted molar refractivity (Wildman–Crippen MR) is 56.6 cm³/mol. The number of hydrogen-bond acceptors (Lipinski definition) is 2. The summed E-state index contributed by atoms with van der Waals surface area (Å²) in [6.07, 6.45) is 3.95. The van der Waals surface area contributed by atoms with E-state index in [1.54, 1.807) is 11.3 Å². The lowest BCUT2D eigenvalue weighted by molar-refractivity contribution is 1.29. The van der Waals surface area contributed by atoms with Crippen LogP contribution in [0.25, 0.3) is 10.4 Å². The van der Waals surface area contributed by atoms with Crippen molar-refractivity contribution in [1.29, 1.82) is 0 Å². The van der Waals surface area contributed by atoms with Gasteiger partial charge in [0.25, 0.3) is 0 Å². The number of nitrogens with zero attached hydrogens (tertiary/aromatic N) is 1. The molecule has 0 amide bonds. The summed E-state index contributed by atoms with van der Waals surface area (Å²) in [7, 11) is 0. The average molecular weight is 188 g/mol. The highest BCUT2D eigenvalue weighted by atomic mass is 32.1. The highest BCUT2D eigenvalue weighted by Gasteiger charge is 2.01. The third-order valence-electron chi connectivity index (χ3n) is 1.83. The zero-order valence-electron chi connectivity index (χ0n) is 7.40. The molecule has 0 aliphatic heterocycles. The molecule has 0 N–H and O–H groups in total. The van der Waals surface area contributed by atoms with Gasteiger partial charge in [-0.3, -0.25) is 0 Å². The molecule has 0 aliphatic rings. The molecule has 0 bridgehead atoms. The van der Waals surface area contributed by atoms with Gasteiger partial charge in [0, 0.05) is 12.6 Å². The Balaban J connectivity index is 2.36. The van der Waals surface area contributed by atoms with Crippen molar-refractivity contribution in [3.8, 4) is 10.4 Å². The van der Waals surface area contributed by atoms with Gasteiger partial charge in [-0.05, 0) is 5.56 Å². The standard InChI is InChI=1S/C11H10NS/c1-2-11-12-8-10(13-11)9-6-4-3-5-7-9/h2-8H,1H3. The van der Waals surface area contributed by atoms with Crippen molar-refractivity contribution in [2.45, 2.75) is 6.92 Å². The molecular weight excluding hydrogens is 178 g/mol. The summed E-state index contributed by atoms with van der Waals surface area (Å²) >= 11 is 1.72. The summed E-state index contributed by atoms with van der Waals surface area (Å²) in [6.45, 7) is 2.01. The van der Waals surface area contributed by atoms with E-state index < -0.39 is 0 Å². The zero-order chi connectivity index (χ0) is 9.10. The maximum absolute atomic E-state index is 4.27. The number of aromatic nitrogens is 1. The highest BCUT2D eigenvalue weighted by molar-refractivity contribution is 7.15. The van der Waals surface area contributed by atoms with E-state index in [4.69, 9.17) is 0 Å². The summed E-state index contributed by atoms with van der Waals surface area (Å²) in [5, 5.41) is 1.08. The van der Waals surface area contributed by atoms with E-state index in [1.807, 2.05) is 37.7 Å². The fourth-order valence-corrected chi connectivity index (χ4v) is 1.96. The predicted octanol–water partition coefficient (Wildman–Crippen LogP) is 3.38. The number of rotatable bonds is 2. The lowest BCUT2D eigenvalue weighted by Gasteiger charge is -1.92. The van der Waals surface area contributed by atoms with Gasteiger partial charge >= 0.3 is 0 Å². The molecule has 1 aromatic heterocycles. The van der Waals surface area contributed by atoms with Crippen LogP contribution >= 0.6 is 11.3 Å². The van der Waals surface area contributed by atoms with E-state index in [0.717, 1.165) is 5.01 Å². The Bertz CT molecular complexity index is 378. The Hall–Kier alpha value is -1.15. The SMILES string of the molecule is C[CH]c1ncc(-c2ccccc2)s1. The smallest absolute Gasteiger partial charge is 0.0966 e. The van der Waals surface area contributed by atoms with Gasteiger partial charge < -0.3 is 0 Å². The van der Waals surface area contributed by atoms with Gasteiger partial charge in [-0.25, -0.2) is 4.98 Å². The Morgan fingerprint density at radius 2 is 2.00 bits per heavy atom. The molecule has 2 rings (SSSR count). The average Bonchev–Trinajstić information content (AvgIpc) is 2.67. The molecule has 65 valence electrons. The molecule has 1 aromatic carbocycles. The van der Waals surface area contributed by atoms with Gasteiger partial charge in [0.05, 0.1) is 9.88 Å². The normalized spacial score (nSPS) is 10.2. The minimum Gasteiger partial charge on any atom is -0.249 e. The molecule has 0 unspecified atom stereocenters. The molecule has 0 spiro atoms. The van der Waals surface area contributed by atoms with E-state index in [-0.39, 0.29) is 0 Å². The number of benzene rings is 1. The van der Waals surface area contributed by atoms with Crippen LogP contribution in [0.15, 0.2) is 36.5 Å². The molecule has 1 nitrogen and oxygen atoms in total. The van der Waals surface area contributed by atoms with Crippen molar-refractivity contribution in [2.24, 2.45) is 0 Å². The van der Waals surface area contributed by atoms with Crippen LogP contribution < -0.4 is 0 Å². The van der Waals surface area contributed by atoms with Crippen molar-refractivity contribution in [2.75, 3.05) is 0 Å². The molecule has 1 radical (unpaired) electrons. The number of hydrogen-bond donors (Lipinski definition) is 0. The van der Waals surface area contributed by atoms with Crippen LogP contribution in [0.4, 0.5) is 0 Å². The monoisotopic (exact) mass is 188 g/mol. The molecule has 0 atom stereocenters. The van der Waals surface area contributed by atoms with Crippen LogP contribution in [0, 0.1) is 6.42 Å². The second kappa shape index (κ2) is 3.71. The minimum atomic E-state index is 1.08. The highest BCUT2D eigenvalue weighted by Crippen LogP contribution is 2.25. The first-order chi connectivity index (χ1) is 6.40. The van der Waals surface area contributed by atoms with Crippen molar-refractivity contribution < 1.29 is 0 Å². The van der Waals surface area contributed by atoms with Crippen molar-refractivity contribution in [3.63, 3.8) is 0 Å². The van der Waals surface area contributed by atoms with Gasteiger partial charge in [0.15, 0.2) is 0 Å². The molecule has 13 heavy (non-hydrogen) atoms. The quantitative estimate of drug-likeness (QED) is 0.704. The van der Waals surface area contributed by atoms with E-state index >= 15 is 0 Å². The summed E-state index contributed by atoms with van der Waals surface area (Å²) in [5.74, 6) is 0. The van der Waals surface area contributed by atoms with E-state index in [9.17, 15) is 0 Å². The van der Waals surface area contributed by atoms with Crippen LogP contribution in [-0.2, 0) is 0 Å². The fourth-order valence-electron chi connectivity index (χ4n) is 1.16. The summed E-state index contributed by atoms with van der Waals surface area (Å²) in [6, 6.07) is 10.3. The molecule has 0 saturated carbocycles. The van der Waals surface area contributed by atoms with Crippen molar-refractivity contribution in [1.82, 2.24) is 4.98 Å². The van der Waals surface area contributed by atoms with Crippen LogP contribution in [-0.4, -0.2) is 4.98 Å². The first-order valence-electron chi connectivity index (χ1n) is 4.21. The van der Waals surface area contributed by atoms with Gasteiger partial charge in [-0.15, -0.1) is 11.3 Å². The molecule has 1 heterocycles. The Labute approximate surface area is 82.1 Å². The fraction of sp³-hybridized carbons (Fsp3) is 0.0909. The first-order valence-corrected chi connectivity index (χ1v) is 5.02. The molecule has 0 saturated heterocycles. The van der Waals surface area contributed by atoms with Crippen molar-refractivity contribution >= 4 is 11.3 Å². The third kappa shape index (κ3) is 1.78. The van der Waals surface area contributed by atoms with Gasteiger partial charge in [0.1, 0.15) is 0 Å². The lowest BCUT2D eigenvalue weighted by atomic mass is 10.2. The zero-order valence-corrected chi connectivity index (χ0v) is 8.21. The topological polar surface area (TPSA) is 12.9 Å². The van der Waals surface area contributed by atoms with E-state index in [0.29, 0.717) is 0 Å². The van der Waals surface area contributed by atoms with Crippen LogP contribution in [0.3, 0.4) is 0 Å². The van der Waals surface area contributed by atoms with E-state index in [2.05, 4.69) is 17.1 Å². The van der Waals surface area contributed by atoms with Crippen LogP contribution in [0.1, 0.15) is 11.9 Å². The van der Waals surface area contributed by atoms with Gasteiger partial charge in [-0.1, -0.05) is 37.3 Å². The Kier molecular flexibility index (Phi) is 2.41. The first kappa shape index (κ1) is 8.45. The van der Waals surface area contributed by atoms with E-state index in [1.165, 1.54) is 10.4 Å². The van der Waals surface area contributed by atoms with Gasteiger partial charge in [-0.2, -0.15) is 0 Å². The van der Waals surface area contributed by atoms with Crippen molar-refractivity contribution in [3.05, 3.63) is 48.0 Å².